The van der Waals surface area contributed by atoms with E-state index >= 15 is 0 Å². The van der Waals surface area contributed by atoms with Crippen molar-refractivity contribution in [2.24, 2.45) is 11.8 Å². The number of hydrogen-bond donors (Lipinski definition) is 3. The molecule has 342 valence electrons. The Morgan fingerprint density at radius 2 is 1.62 bits per heavy atom. The number of benzene rings is 3. The van der Waals surface area contributed by atoms with E-state index in [1.807, 2.05) is 42.2 Å². The lowest BCUT2D eigenvalue weighted by atomic mass is 9.73. The van der Waals surface area contributed by atoms with Crippen LogP contribution >= 0.6 is 0 Å². The van der Waals surface area contributed by atoms with Crippen molar-refractivity contribution in [1.82, 2.24) is 20.1 Å². The van der Waals surface area contributed by atoms with Gasteiger partial charge in [0.25, 0.3) is 11.8 Å². The van der Waals surface area contributed by atoms with Crippen molar-refractivity contribution in [2.45, 2.75) is 82.8 Å². The van der Waals surface area contributed by atoms with E-state index in [0.29, 0.717) is 75.3 Å². The summed E-state index contributed by atoms with van der Waals surface area (Å²) in [5, 5.41) is 9.29. The van der Waals surface area contributed by atoms with Crippen LogP contribution in [-0.4, -0.2) is 108 Å². The Hall–Kier alpha value is -6.26. The normalized spacial score (nSPS) is 20.7. The fourth-order valence-electron chi connectivity index (χ4n) is 9.49. The maximum Gasteiger partial charge on any atom is 0.264 e. The van der Waals surface area contributed by atoms with Crippen molar-refractivity contribution >= 4 is 57.7 Å². The molecule has 4 aliphatic rings. The standard InChI is InChI=1S/C49H55FN6O9/c1-30(31-5-7-32(8-6-31)37-17-21-51-40-14-9-33(50)29-39(37)40)46(59)53-34-10-12-35(13-11-34)65-36-18-23-55(24-19-36)44(58)20-25-63-27-28-64-26-22-52-41-4-2-3-38-45(41)49(62)56(48(38)61)42-15-16-43(57)54-47(42)60/h2-4,9-14,17,21,29-32,36,42,52H,5-8,15-16,18-20,22-28H2,1H3,(H,53,59)(H,54,57,60)/t30-,31-,32+,42?/m1/s1. The molecule has 3 aromatic carbocycles. The van der Waals surface area contributed by atoms with E-state index in [-0.39, 0.29) is 72.6 Å². The predicted molar refractivity (Wildman–Crippen MR) is 239 cm³/mol. The maximum atomic E-state index is 14.0. The first kappa shape index (κ1) is 45.3. The summed E-state index contributed by atoms with van der Waals surface area (Å²) in [6, 6.07) is 18.0. The van der Waals surface area contributed by atoms with E-state index < -0.39 is 29.7 Å². The van der Waals surface area contributed by atoms with Gasteiger partial charge in [0, 0.05) is 67.8 Å². The van der Waals surface area contributed by atoms with Gasteiger partial charge in [-0.15, -0.1) is 0 Å². The Balaban J connectivity index is 0.673. The van der Waals surface area contributed by atoms with Crippen LogP contribution in [0, 0.1) is 17.7 Å². The highest BCUT2D eigenvalue weighted by Crippen LogP contribution is 2.41. The van der Waals surface area contributed by atoms with Crippen LogP contribution in [0.15, 0.2) is 72.9 Å². The number of likely N-dealkylation sites (tertiary alicyclic amines) is 1. The number of hydrogen-bond acceptors (Lipinski definition) is 11. The second-order valence-electron chi connectivity index (χ2n) is 17.3. The smallest absolute Gasteiger partial charge is 0.264 e. The number of carbonyl (C=O) groups excluding carboxylic acids is 6. The molecule has 1 unspecified atom stereocenters. The van der Waals surface area contributed by atoms with Gasteiger partial charge < -0.3 is 29.7 Å². The number of piperidine rings is 2. The fraction of sp³-hybridized carbons (Fsp3) is 0.449. The molecule has 1 aromatic heterocycles. The van der Waals surface area contributed by atoms with Crippen LogP contribution in [0.4, 0.5) is 15.8 Å². The molecule has 2 saturated heterocycles. The van der Waals surface area contributed by atoms with Gasteiger partial charge in [-0.2, -0.15) is 0 Å². The van der Waals surface area contributed by atoms with E-state index in [2.05, 4.69) is 20.9 Å². The Bertz CT molecular complexity index is 2410. The van der Waals surface area contributed by atoms with Gasteiger partial charge in [-0.3, -0.25) is 44.0 Å². The Kier molecular flexibility index (Phi) is 14.4. The molecule has 0 spiro atoms. The molecule has 15 nitrogen and oxygen atoms in total. The zero-order valence-electron chi connectivity index (χ0n) is 36.5. The molecule has 3 aliphatic heterocycles. The van der Waals surface area contributed by atoms with Crippen LogP contribution in [0.2, 0.25) is 0 Å². The first-order valence-electron chi connectivity index (χ1n) is 22.7. The maximum absolute atomic E-state index is 14.0. The number of nitrogens with one attached hydrogen (secondary N) is 3. The third-order valence-corrected chi connectivity index (χ3v) is 13.2. The largest absolute Gasteiger partial charge is 0.490 e. The van der Waals surface area contributed by atoms with Gasteiger partial charge in [-0.1, -0.05) is 13.0 Å². The summed E-state index contributed by atoms with van der Waals surface area (Å²) in [5.41, 5.74) is 3.50. The Labute approximate surface area is 376 Å². The summed E-state index contributed by atoms with van der Waals surface area (Å²) in [6.07, 6.45) is 7.31. The first-order chi connectivity index (χ1) is 31.5. The lowest BCUT2D eigenvalue weighted by Crippen LogP contribution is -2.54. The summed E-state index contributed by atoms with van der Waals surface area (Å²) >= 11 is 0. The number of anilines is 2. The van der Waals surface area contributed by atoms with E-state index in [1.54, 1.807) is 36.5 Å². The number of nitrogens with zero attached hydrogens (tertiary/aromatic N) is 3. The van der Waals surface area contributed by atoms with Gasteiger partial charge in [0.1, 0.15) is 23.7 Å². The topological polar surface area (TPSA) is 186 Å². The lowest BCUT2D eigenvalue weighted by molar-refractivity contribution is -0.136. The Morgan fingerprint density at radius 1 is 0.862 bits per heavy atom. The van der Waals surface area contributed by atoms with Crippen molar-refractivity contribution < 1.29 is 47.4 Å². The number of rotatable bonds is 17. The van der Waals surface area contributed by atoms with E-state index in [9.17, 15) is 33.2 Å². The third kappa shape index (κ3) is 10.7. The van der Waals surface area contributed by atoms with E-state index in [4.69, 9.17) is 14.2 Å². The summed E-state index contributed by atoms with van der Waals surface area (Å²) < 4.78 is 31.6. The minimum atomic E-state index is -1.03. The summed E-state index contributed by atoms with van der Waals surface area (Å²) in [6.45, 7) is 4.68. The molecule has 4 heterocycles. The number of halogens is 1. The van der Waals surface area contributed by atoms with Crippen molar-refractivity contribution in [1.29, 1.82) is 0 Å². The Morgan fingerprint density at radius 3 is 2.37 bits per heavy atom. The average Bonchev–Trinajstić information content (AvgIpc) is 3.57. The molecule has 8 rings (SSSR count). The molecule has 2 atom stereocenters. The van der Waals surface area contributed by atoms with Crippen LogP contribution < -0.4 is 20.7 Å². The predicted octanol–water partition coefficient (Wildman–Crippen LogP) is 6.23. The number of aromatic nitrogens is 1. The van der Waals surface area contributed by atoms with Gasteiger partial charge in [-0.25, -0.2) is 4.39 Å². The van der Waals surface area contributed by atoms with E-state index in [1.165, 1.54) is 6.07 Å². The highest BCUT2D eigenvalue weighted by molar-refractivity contribution is 6.25. The van der Waals surface area contributed by atoms with Gasteiger partial charge in [-0.05, 0) is 110 Å². The lowest BCUT2D eigenvalue weighted by Gasteiger charge is -2.32. The third-order valence-electron chi connectivity index (χ3n) is 13.2. The molecular formula is C49H55FN6O9. The number of pyridine rings is 1. The molecular weight excluding hydrogens is 836 g/mol. The van der Waals surface area contributed by atoms with Gasteiger partial charge in [0.15, 0.2) is 0 Å². The van der Waals surface area contributed by atoms with Gasteiger partial charge in [0.05, 0.1) is 49.5 Å². The molecule has 3 fully saturated rings. The second kappa shape index (κ2) is 20.7. The van der Waals surface area contributed by atoms with Crippen LogP contribution in [0.1, 0.15) is 96.9 Å². The number of amides is 6. The van der Waals surface area contributed by atoms with E-state index in [0.717, 1.165) is 47.0 Å². The molecule has 0 bridgehead atoms. The monoisotopic (exact) mass is 890 g/mol. The molecule has 1 saturated carbocycles. The molecule has 6 amide bonds. The molecule has 16 heteroatoms. The van der Waals surface area contributed by atoms with Gasteiger partial charge in [0.2, 0.25) is 23.6 Å². The van der Waals surface area contributed by atoms with Crippen molar-refractivity contribution in [3.63, 3.8) is 0 Å². The molecule has 65 heavy (non-hydrogen) atoms. The van der Waals surface area contributed by atoms with Crippen molar-refractivity contribution in [2.75, 3.05) is 56.7 Å². The summed E-state index contributed by atoms with van der Waals surface area (Å²) in [7, 11) is 0. The zero-order chi connectivity index (χ0) is 45.5. The van der Waals surface area contributed by atoms with Crippen molar-refractivity contribution in [3.05, 3.63) is 95.4 Å². The SMILES string of the molecule is C[C@@H](C(=O)Nc1ccc(OC2CCN(C(=O)CCOCCOCCNc3cccc4c3C(=O)N(C3CCC(=O)NC3=O)C4=O)CC2)cc1)[C@H]1CC[C@@H](c2ccnc3ccc(F)cc32)CC1. The number of fused-ring (bicyclic) bond motifs is 2. The number of carbonyl (C=O) groups is 6. The van der Waals surface area contributed by atoms with Gasteiger partial charge >= 0.3 is 0 Å². The molecule has 1 aliphatic carbocycles. The van der Waals surface area contributed by atoms with Crippen LogP contribution in [0.5, 0.6) is 5.75 Å². The number of imide groups is 2. The van der Waals surface area contributed by atoms with Crippen LogP contribution in [0.3, 0.4) is 0 Å². The van der Waals surface area contributed by atoms with Crippen molar-refractivity contribution in [3.8, 4) is 5.75 Å². The number of ether oxygens (including phenoxy) is 3. The fourth-order valence-corrected chi connectivity index (χ4v) is 9.49. The summed E-state index contributed by atoms with van der Waals surface area (Å²) in [4.78, 5) is 83.6. The van der Waals surface area contributed by atoms with Crippen LogP contribution in [-0.2, 0) is 28.7 Å². The highest BCUT2D eigenvalue weighted by atomic mass is 19.1. The highest BCUT2D eigenvalue weighted by Gasteiger charge is 2.45. The zero-order valence-corrected chi connectivity index (χ0v) is 36.5. The molecule has 0 radical (unpaired) electrons. The second-order valence-corrected chi connectivity index (χ2v) is 17.3. The minimum Gasteiger partial charge on any atom is -0.490 e. The minimum absolute atomic E-state index is 0.00416. The molecule has 3 N–H and O–H groups in total. The first-order valence-corrected chi connectivity index (χ1v) is 22.7. The quantitative estimate of drug-likeness (QED) is 0.0807. The summed E-state index contributed by atoms with van der Waals surface area (Å²) in [5.74, 6) is -1.32. The average molecular weight is 891 g/mol. The van der Waals surface area contributed by atoms with Crippen LogP contribution in [0.25, 0.3) is 10.9 Å². The molecule has 4 aromatic rings.